The molecule has 0 aromatic heterocycles. The molecule has 0 heterocycles. The van der Waals surface area contributed by atoms with Crippen LogP contribution in [-0.2, 0) is 4.79 Å². The summed E-state index contributed by atoms with van der Waals surface area (Å²) in [4.78, 5) is 8.70. The minimum atomic E-state index is -2.89. The Morgan fingerprint density at radius 1 is 1.00 bits per heavy atom. The number of halogens is 5. The van der Waals surface area contributed by atoms with Crippen LogP contribution < -0.4 is 0 Å². The molecule has 2 N–H and O–H groups in total. The summed E-state index contributed by atoms with van der Waals surface area (Å²) in [6, 6.07) is 6.63. The van der Waals surface area contributed by atoms with E-state index in [9.17, 15) is 15.0 Å². The zero-order valence-corrected chi connectivity index (χ0v) is 14.6. The number of ketones is 1. The first-order valence-electron chi connectivity index (χ1n) is 6.26. The molecular weight excluding hydrogens is 393 g/mol. The maximum absolute atomic E-state index is 12.5. The third kappa shape index (κ3) is 1.88. The Morgan fingerprint density at radius 3 is 2.09 bits per heavy atom. The first-order valence-corrected chi connectivity index (χ1v) is 8.15. The van der Waals surface area contributed by atoms with E-state index in [2.05, 4.69) is 0 Å². The predicted molar refractivity (Wildman–Crippen MR) is 86.9 cm³/mol. The lowest BCUT2D eigenvalue weighted by Crippen LogP contribution is -2.72. The molecule has 118 valence electrons. The number of Topliss-reactive ketones (excluding diaryl/α,β-unsaturated/α-hetero) is 1. The van der Waals surface area contributed by atoms with Gasteiger partial charge in [0.2, 0.25) is 5.78 Å². The van der Waals surface area contributed by atoms with Gasteiger partial charge in [-0.1, -0.05) is 46.9 Å². The van der Waals surface area contributed by atoms with Crippen LogP contribution in [0.1, 0.15) is 17.9 Å². The SMILES string of the molecule is O=C1C(O)(O)[C@]2(Cl)C[C@@H](c3ccc(Cl)cc3)[C@@]1(Cl)C(Cl)=C2Cl. The van der Waals surface area contributed by atoms with Gasteiger partial charge in [0, 0.05) is 10.9 Å². The smallest absolute Gasteiger partial charge is 0.251 e. The van der Waals surface area contributed by atoms with Crippen molar-refractivity contribution in [2.24, 2.45) is 0 Å². The van der Waals surface area contributed by atoms with Gasteiger partial charge in [0.25, 0.3) is 5.79 Å². The molecule has 0 spiro atoms. The Kier molecular flexibility index (Phi) is 3.83. The molecule has 3 atom stereocenters. The summed E-state index contributed by atoms with van der Waals surface area (Å²) < 4.78 is 0. The van der Waals surface area contributed by atoms with E-state index in [4.69, 9.17) is 58.0 Å². The summed E-state index contributed by atoms with van der Waals surface area (Å²) in [7, 11) is 0. The molecule has 22 heavy (non-hydrogen) atoms. The van der Waals surface area contributed by atoms with Gasteiger partial charge in [-0.3, -0.25) is 4.79 Å². The quantitative estimate of drug-likeness (QED) is 0.556. The number of carbonyl (C=O) groups is 1. The monoisotopic (exact) mass is 400 g/mol. The van der Waals surface area contributed by atoms with E-state index in [0.29, 0.717) is 10.6 Å². The van der Waals surface area contributed by atoms with Gasteiger partial charge < -0.3 is 10.2 Å². The molecule has 3 aliphatic carbocycles. The van der Waals surface area contributed by atoms with Gasteiger partial charge in [0.15, 0.2) is 4.87 Å². The van der Waals surface area contributed by atoms with Crippen molar-refractivity contribution in [1.82, 2.24) is 0 Å². The van der Waals surface area contributed by atoms with Crippen molar-refractivity contribution in [3.63, 3.8) is 0 Å². The Hall–Kier alpha value is -0.000000000000000167. The van der Waals surface area contributed by atoms with E-state index in [1.807, 2.05) is 0 Å². The van der Waals surface area contributed by atoms with Gasteiger partial charge in [-0.05, 0) is 24.1 Å². The zero-order valence-electron chi connectivity index (χ0n) is 10.8. The standard InChI is InChI=1S/C14H9Cl5O3/c15-7-3-1-6(2-4-7)8-5-12(18)9(16)10(17)13(8,19)11(20)14(12,21)22/h1-4,8,21-22H,5H2/t8-,12-,13+/m0/s1. The summed E-state index contributed by atoms with van der Waals surface area (Å²) >= 11 is 30.8. The Bertz CT molecular complexity index is 699. The lowest BCUT2D eigenvalue weighted by atomic mass is 9.61. The van der Waals surface area contributed by atoms with Crippen LogP contribution >= 0.6 is 58.0 Å². The molecule has 1 saturated carbocycles. The van der Waals surface area contributed by atoms with Crippen molar-refractivity contribution in [3.8, 4) is 0 Å². The number of benzene rings is 1. The van der Waals surface area contributed by atoms with Crippen molar-refractivity contribution in [2.75, 3.05) is 0 Å². The maximum atomic E-state index is 12.5. The summed E-state index contributed by atoms with van der Waals surface area (Å²) in [6.07, 6.45) is -0.0620. The van der Waals surface area contributed by atoms with E-state index >= 15 is 0 Å². The Balaban J connectivity index is 2.23. The van der Waals surface area contributed by atoms with Gasteiger partial charge in [0.05, 0.1) is 10.1 Å². The number of alkyl halides is 2. The summed E-state index contributed by atoms with van der Waals surface area (Å²) in [6.45, 7) is 0. The topological polar surface area (TPSA) is 57.5 Å². The second-order valence-corrected chi connectivity index (χ2v) is 7.88. The Morgan fingerprint density at radius 2 is 1.55 bits per heavy atom. The van der Waals surface area contributed by atoms with Crippen LogP contribution in [0.25, 0.3) is 0 Å². The first-order chi connectivity index (χ1) is 10.1. The molecule has 4 rings (SSSR count). The van der Waals surface area contributed by atoms with E-state index in [1.54, 1.807) is 24.3 Å². The lowest BCUT2D eigenvalue weighted by molar-refractivity contribution is -0.204. The minimum absolute atomic E-state index is 0.0620. The van der Waals surface area contributed by atoms with Crippen molar-refractivity contribution < 1.29 is 15.0 Å². The van der Waals surface area contributed by atoms with E-state index in [1.165, 1.54) is 0 Å². The number of hydrogen-bond acceptors (Lipinski definition) is 3. The third-order valence-electron chi connectivity index (χ3n) is 4.30. The molecule has 1 aromatic carbocycles. The molecule has 8 heteroatoms. The summed E-state index contributed by atoms with van der Waals surface area (Å²) in [5.41, 5.74) is 0.649. The van der Waals surface area contributed by atoms with Crippen LogP contribution in [0.2, 0.25) is 5.02 Å². The number of allylic oxidation sites excluding steroid dienone is 1. The van der Waals surface area contributed by atoms with Gasteiger partial charge in [0.1, 0.15) is 4.87 Å². The average Bonchev–Trinajstić information content (AvgIpc) is 2.47. The molecule has 1 fully saturated rings. The number of hydrogen-bond donors (Lipinski definition) is 2. The van der Waals surface area contributed by atoms with Gasteiger partial charge >= 0.3 is 0 Å². The van der Waals surface area contributed by atoms with Gasteiger partial charge in [-0.15, -0.1) is 23.2 Å². The highest BCUT2D eigenvalue weighted by Crippen LogP contribution is 2.65. The fraction of sp³-hybridized carbons (Fsp3) is 0.357. The zero-order chi connectivity index (χ0) is 16.5. The largest absolute Gasteiger partial charge is 0.358 e. The molecule has 0 saturated heterocycles. The third-order valence-corrected chi connectivity index (χ3v) is 7.07. The summed E-state index contributed by atoms with van der Waals surface area (Å²) in [5, 5.41) is 20.4. The van der Waals surface area contributed by atoms with Crippen LogP contribution in [0.3, 0.4) is 0 Å². The van der Waals surface area contributed by atoms with Crippen molar-refractivity contribution in [2.45, 2.75) is 27.9 Å². The van der Waals surface area contributed by atoms with Crippen LogP contribution in [0, 0.1) is 0 Å². The molecule has 0 radical (unpaired) electrons. The maximum Gasteiger partial charge on any atom is 0.251 e. The Labute approximate surface area is 151 Å². The number of carbonyl (C=O) groups excluding carboxylic acids is 1. The van der Waals surface area contributed by atoms with Crippen molar-refractivity contribution in [1.29, 1.82) is 0 Å². The van der Waals surface area contributed by atoms with Crippen molar-refractivity contribution >= 4 is 63.8 Å². The molecular formula is C14H9Cl5O3. The fourth-order valence-electron chi connectivity index (χ4n) is 3.03. The number of aliphatic hydroxyl groups is 2. The molecule has 0 unspecified atom stereocenters. The van der Waals surface area contributed by atoms with Crippen LogP contribution in [-0.4, -0.2) is 31.5 Å². The fourth-order valence-corrected chi connectivity index (χ4v) is 4.75. The van der Waals surface area contributed by atoms with E-state index in [0.717, 1.165) is 0 Å². The highest BCUT2D eigenvalue weighted by molar-refractivity contribution is 6.56. The van der Waals surface area contributed by atoms with E-state index in [-0.39, 0.29) is 16.5 Å². The second kappa shape index (κ2) is 5.00. The number of rotatable bonds is 1. The number of fused-ring (bicyclic) bond motifs is 2. The molecule has 1 aromatic rings. The van der Waals surface area contributed by atoms with Crippen LogP contribution in [0.5, 0.6) is 0 Å². The van der Waals surface area contributed by atoms with Crippen molar-refractivity contribution in [3.05, 3.63) is 44.9 Å². The van der Waals surface area contributed by atoms with Gasteiger partial charge in [-0.2, -0.15) is 0 Å². The van der Waals surface area contributed by atoms with E-state index < -0.39 is 27.2 Å². The minimum Gasteiger partial charge on any atom is -0.358 e. The lowest BCUT2D eigenvalue weighted by Gasteiger charge is -2.55. The molecule has 0 aliphatic heterocycles. The summed E-state index contributed by atoms with van der Waals surface area (Å²) in [5.74, 6) is -4.65. The predicted octanol–water partition coefficient (Wildman–Crippen LogP) is 3.74. The second-order valence-electron chi connectivity index (χ2n) is 5.45. The van der Waals surface area contributed by atoms with Crippen LogP contribution in [0.15, 0.2) is 34.3 Å². The first kappa shape index (κ1) is 16.8. The van der Waals surface area contributed by atoms with Gasteiger partial charge in [-0.25, -0.2) is 0 Å². The highest BCUT2D eigenvalue weighted by atomic mass is 35.5. The molecule has 0 amide bonds. The molecule has 3 nitrogen and oxygen atoms in total. The highest BCUT2D eigenvalue weighted by Gasteiger charge is 2.74. The molecule has 3 aliphatic rings. The van der Waals surface area contributed by atoms with Crippen LogP contribution in [0.4, 0.5) is 0 Å². The average molecular weight is 402 g/mol. The normalized spacial score (nSPS) is 36.9. The molecule has 2 bridgehead atoms.